The van der Waals surface area contributed by atoms with Crippen LogP contribution in [0.3, 0.4) is 0 Å². The molecule has 1 N–H and O–H groups in total. The molecule has 1 spiro atoms. The summed E-state index contributed by atoms with van der Waals surface area (Å²) in [5.41, 5.74) is -0.538. The number of likely N-dealkylation sites (tertiary alicyclic amines) is 1. The van der Waals surface area contributed by atoms with Crippen molar-refractivity contribution < 1.29 is 24.2 Å². The highest BCUT2D eigenvalue weighted by Crippen LogP contribution is 2.72. The van der Waals surface area contributed by atoms with Crippen LogP contribution in [0.5, 0.6) is 0 Å². The maximum atomic E-state index is 15.0. The predicted molar refractivity (Wildman–Crippen MR) is 171 cm³/mol. The molecule has 2 bridgehead atoms. The molecule has 8 heteroatoms. The van der Waals surface area contributed by atoms with Gasteiger partial charge in [-0.3, -0.25) is 14.4 Å². The van der Waals surface area contributed by atoms with Crippen molar-refractivity contribution in [1.29, 1.82) is 0 Å². The lowest BCUT2D eigenvalue weighted by Gasteiger charge is -2.46. The van der Waals surface area contributed by atoms with Crippen LogP contribution in [0.4, 0.5) is 0 Å². The highest BCUT2D eigenvalue weighted by molar-refractivity contribution is 8.02. The monoisotopic (exact) mass is 604 g/mol. The Hall–Kier alpha value is -1.80. The molecule has 3 aliphatic rings. The van der Waals surface area contributed by atoms with Gasteiger partial charge in [-0.1, -0.05) is 46.8 Å². The maximum absolute atomic E-state index is 15.0. The molecule has 2 unspecified atom stereocenters. The molecule has 238 valence electrons. The Labute approximate surface area is 258 Å². The molecule has 2 amide bonds. The van der Waals surface area contributed by atoms with Crippen LogP contribution in [0.15, 0.2) is 25.3 Å². The van der Waals surface area contributed by atoms with E-state index in [1.54, 1.807) is 22.7 Å². The summed E-state index contributed by atoms with van der Waals surface area (Å²) in [6.45, 7) is 25.0. The van der Waals surface area contributed by atoms with Crippen molar-refractivity contribution in [2.24, 2.45) is 23.2 Å². The van der Waals surface area contributed by atoms with Crippen LogP contribution in [0.25, 0.3) is 0 Å². The zero-order chi connectivity index (χ0) is 31.7. The molecule has 0 aromatic carbocycles. The number of hydrogen-bond donors (Lipinski definition) is 1. The number of hydrogen-bond acceptors (Lipinski definition) is 6. The van der Waals surface area contributed by atoms with Crippen LogP contribution >= 0.6 is 11.8 Å². The van der Waals surface area contributed by atoms with Gasteiger partial charge in [0.2, 0.25) is 11.8 Å². The minimum Gasteiger partial charge on any atom is -0.465 e. The summed E-state index contributed by atoms with van der Waals surface area (Å²) in [5, 5.41) is 10.6. The zero-order valence-corrected chi connectivity index (χ0v) is 28.2. The second-order valence-electron chi connectivity index (χ2n) is 15.2. The van der Waals surface area contributed by atoms with Gasteiger partial charge in [-0.25, -0.2) is 0 Å². The topological polar surface area (TPSA) is 87.1 Å². The lowest BCUT2D eigenvalue weighted by atomic mass is 9.66. The lowest BCUT2D eigenvalue weighted by Crippen LogP contribution is -2.61. The highest BCUT2D eigenvalue weighted by Gasteiger charge is 2.78. The molecule has 0 radical (unpaired) electrons. The molecule has 0 aromatic heterocycles. The van der Waals surface area contributed by atoms with E-state index in [1.807, 2.05) is 11.0 Å². The normalized spacial score (nSPS) is 29.5. The first-order chi connectivity index (χ1) is 19.5. The van der Waals surface area contributed by atoms with Gasteiger partial charge in [0.05, 0.1) is 35.8 Å². The summed E-state index contributed by atoms with van der Waals surface area (Å²) in [7, 11) is 0. The Morgan fingerprint density at radius 2 is 1.83 bits per heavy atom. The number of aliphatic hydroxyl groups is 1. The summed E-state index contributed by atoms with van der Waals surface area (Å²) < 4.78 is 4.57. The summed E-state index contributed by atoms with van der Waals surface area (Å²) in [4.78, 5) is 46.9. The van der Waals surface area contributed by atoms with Crippen molar-refractivity contribution in [3.05, 3.63) is 25.3 Å². The maximum Gasteiger partial charge on any atom is 0.311 e. The van der Waals surface area contributed by atoms with Crippen molar-refractivity contribution in [3.8, 4) is 0 Å². The number of ether oxygens (including phenoxy) is 1. The van der Waals surface area contributed by atoms with Gasteiger partial charge in [-0.2, -0.15) is 0 Å². The van der Waals surface area contributed by atoms with Crippen LogP contribution < -0.4 is 0 Å². The van der Waals surface area contributed by atoms with Gasteiger partial charge < -0.3 is 19.6 Å². The Morgan fingerprint density at radius 3 is 2.38 bits per heavy atom. The zero-order valence-electron chi connectivity index (χ0n) is 27.4. The largest absolute Gasteiger partial charge is 0.465 e. The number of carbonyl (C=O) groups excluding carboxylic acids is 3. The standard InChI is InChI=1S/C34H56N2O5S/c1-11-13-14-15-19-41-30(40)26-25-28(38)36(24(21-37)20-23(3)4)27(34(25)17-16-33(26,10)42-34)29(39)35(18-12-2)32(8,9)22-31(5,6)7/h11-12,23-27,37H,1-2,13-22H2,3-10H3/t24-,25+,26-,27?,33+,34?/m1/s1. The van der Waals surface area contributed by atoms with Crippen molar-refractivity contribution >= 4 is 29.5 Å². The minimum absolute atomic E-state index is 0.0327. The number of unbranched alkanes of at least 4 members (excludes halogenated alkanes) is 2. The Morgan fingerprint density at radius 1 is 1.17 bits per heavy atom. The van der Waals surface area contributed by atoms with Gasteiger partial charge in [0.1, 0.15) is 6.04 Å². The fourth-order valence-corrected chi connectivity index (χ4v) is 10.5. The molecule has 3 saturated heterocycles. The summed E-state index contributed by atoms with van der Waals surface area (Å²) >= 11 is 1.65. The van der Waals surface area contributed by atoms with E-state index in [0.717, 1.165) is 32.1 Å². The van der Waals surface area contributed by atoms with Crippen molar-refractivity contribution in [3.63, 3.8) is 0 Å². The first-order valence-corrected chi connectivity index (χ1v) is 16.6. The van der Waals surface area contributed by atoms with Crippen LogP contribution in [0, 0.1) is 23.2 Å². The van der Waals surface area contributed by atoms with E-state index in [2.05, 4.69) is 68.5 Å². The first kappa shape index (κ1) is 34.7. The fraction of sp³-hybridized carbons (Fsp3) is 0.794. The Bertz CT molecular complexity index is 1040. The van der Waals surface area contributed by atoms with Gasteiger partial charge in [0, 0.05) is 16.8 Å². The number of fused-ring (bicyclic) bond motifs is 1. The molecule has 7 nitrogen and oxygen atoms in total. The number of carbonyl (C=O) groups is 3. The SMILES string of the molecule is C=CCCCCOC(=O)[C@H]1[C@H]2C(=O)N([C@@H](CO)CC(C)C)C(C(=O)N(CC=C)C(C)(C)CC(C)(C)C)C23CC[C@]1(C)S3. The third-order valence-corrected chi connectivity index (χ3v) is 11.4. The first-order valence-electron chi connectivity index (χ1n) is 15.8. The number of aliphatic hydroxyl groups excluding tert-OH is 1. The van der Waals surface area contributed by atoms with Gasteiger partial charge in [0.25, 0.3) is 0 Å². The van der Waals surface area contributed by atoms with Crippen molar-refractivity contribution in [1.82, 2.24) is 9.80 Å². The predicted octanol–water partition coefficient (Wildman–Crippen LogP) is 6.00. The van der Waals surface area contributed by atoms with E-state index >= 15 is 0 Å². The smallest absolute Gasteiger partial charge is 0.311 e. The number of nitrogens with zero attached hydrogens (tertiary/aromatic N) is 2. The summed E-state index contributed by atoms with van der Waals surface area (Å²) in [6, 6.07) is -1.28. The highest BCUT2D eigenvalue weighted by atomic mass is 32.2. The lowest BCUT2D eigenvalue weighted by molar-refractivity contribution is -0.156. The van der Waals surface area contributed by atoms with Crippen LogP contribution in [0.1, 0.15) is 100 Å². The number of esters is 1. The van der Waals surface area contributed by atoms with Gasteiger partial charge in [-0.05, 0) is 77.0 Å². The fourth-order valence-electron chi connectivity index (χ4n) is 8.17. The summed E-state index contributed by atoms with van der Waals surface area (Å²) in [6.07, 6.45) is 8.84. The van der Waals surface area contributed by atoms with Crippen LogP contribution in [-0.4, -0.2) is 79.6 Å². The molecule has 3 fully saturated rings. The van der Waals surface area contributed by atoms with Gasteiger partial charge in [-0.15, -0.1) is 24.9 Å². The molecule has 42 heavy (non-hydrogen) atoms. The van der Waals surface area contributed by atoms with Gasteiger partial charge in [0.15, 0.2) is 0 Å². The molecule has 6 atom stereocenters. The summed E-state index contributed by atoms with van der Waals surface area (Å²) in [5.74, 6) is -1.71. The Kier molecular flexibility index (Phi) is 10.8. The van der Waals surface area contributed by atoms with E-state index in [4.69, 9.17) is 4.74 Å². The molecule has 3 heterocycles. The average Bonchev–Trinajstić information content (AvgIpc) is 3.44. The number of allylic oxidation sites excluding steroid dienone is 1. The van der Waals surface area contributed by atoms with Crippen molar-refractivity contribution in [2.75, 3.05) is 19.8 Å². The number of thioether (sulfide) groups is 1. The minimum atomic E-state index is -0.776. The number of rotatable bonds is 15. The van der Waals surface area contributed by atoms with Crippen molar-refractivity contribution in [2.45, 2.75) is 127 Å². The molecular formula is C34H56N2O5S. The molecule has 0 aromatic rings. The van der Waals surface area contributed by atoms with E-state index in [-0.39, 0.29) is 35.7 Å². The molecular weight excluding hydrogens is 548 g/mol. The third-order valence-electron chi connectivity index (χ3n) is 9.37. The van der Waals surface area contributed by atoms with E-state index < -0.39 is 39.0 Å². The molecule has 3 rings (SSSR count). The quantitative estimate of drug-likeness (QED) is 0.140. The molecule has 0 saturated carbocycles. The van der Waals surface area contributed by atoms with Gasteiger partial charge >= 0.3 is 5.97 Å². The second-order valence-corrected chi connectivity index (χ2v) is 17.1. The van der Waals surface area contributed by atoms with E-state index in [9.17, 15) is 19.5 Å². The van der Waals surface area contributed by atoms with Crippen LogP contribution in [0.2, 0.25) is 0 Å². The average molecular weight is 605 g/mol. The Balaban J connectivity index is 2.09. The number of amides is 2. The molecule has 3 aliphatic heterocycles. The van der Waals surface area contributed by atoms with E-state index in [0.29, 0.717) is 26.0 Å². The van der Waals surface area contributed by atoms with Crippen LogP contribution in [-0.2, 0) is 19.1 Å². The molecule has 0 aliphatic carbocycles. The van der Waals surface area contributed by atoms with E-state index in [1.165, 1.54) is 0 Å². The third kappa shape index (κ3) is 6.64. The second kappa shape index (κ2) is 13.1.